The number of hydrogen-bond acceptors (Lipinski definition) is 6. The second-order valence-corrected chi connectivity index (χ2v) is 7.66. The molecule has 0 aliphatic rings. The number of anilines is 1. The second-order valence-electron chi connectivity index (χ2n) is 5.98. The standard InChI is InChI=1S/C19H23NO7S/c1-13-9-17(6-7-18(13)27-8-4-5-19(21)22)28(23,24)20-14-10-15(25-2)12-16(11-14)26-3/h6-7,9-12,20H,4-5,8H2,1-3H3,(H,21,22). The number of hydrogen-bond donors (Lipinski definition) is 2. The molecule has 2 rings (SSSR count). The molecule has 0 aliphatic heterocycles. The molecule has 0 aliphatic carbocycles. The van der Waals surface area contributed by atoms with Gasteiger partial charge >= 0.3 is 5.97 Å². The number of rotatable bonds is 10. The summed E-state index contributed by atoms with van der Waals surface area (Å²) >= 11 is 0. The van der Waals surface area contributed by atoms with E-state index in [0.717, 1.165) is 0 Å². The molecule has 0 saturated carbocycles. The van der Waals surface area contributed by atoms with Gasteiger partial charge in [0.05, 0.1) is 31.4 Å². The molecule has 9 heteroatoms. The van der Waals surface area contributed by atoms with Crippen LogP contribution in [0, 0.1) is 6.92 Å². The third-order valence-corrected chi connectivity index (χ3v) is 5.23. The Bertz CT molecular complexity index is 919. The van der Waals surface area contributed by atoms with Crippen molar-refractivity contribution in [2.75, 3.05) is 25.5 Å². The van der Waals surface area contributed by atoms with E-state index in [4.69, 9.17) is 19.3 Å². The highest BCUT2D eigenvalue weighted by molar-refractivity contribution is 7.92. The van der Waals surface area contributed by atoms with Gasteiger partial charge in [0.1, 0.15) is 17.2 Å². The van der Waals surface area contributed by atoms with Crippen LogP contribution in [0.3, 0.4) is 0 Å². The average molecular weight is 409 g/mol. The normalized spacial score (nSPS) is 11.0. The molecule has 152 valence electrons. The zero-order chi connectivity index (χ0) is 20.7. The Morgan fingerprint density at radius 3 is 2.25 bits per heavy atom. The fourth-order valence-electron chi connectivity index (χ4n) is 2.44. The molecule has 2 aromatic carbocycles. The lowest BCUT2D eigenvalue weighted by Gasteiger charge is -2.13. The second kappa shape index (κ2) is 9.32. The lowest BCUT2D eigenvalue weighted by Crippen LogP contribution is -2.13. The molecule has 0 aromatic heterocycles. The highest BCUT2D eigenvalue weighted by atomic mass is 32.2. The van der Waals surface area contributed by atoms with Crippen molar-refractivity contribution in [3.8, 4) is 17.2 Å². The van der Waals surface area contributed by atoms with Gasteiger partial charge in [-0.15, -0.1) is 0 Å². The summed E-state index contributed by atoms with van der Waals surface area (Å²) in [4.78, 5) is 10.6. The summed E-state index contributed by atoms with van der Waals surface area (Å²) < 4.78 is 43.7. The van der Waals surface area contributed by atoms with E-state index in [1.807, 2.05) is 0 Å². The molecule has 0 spiro atoms. The molecule has 0 fully saturated rings. The van der Waals surface area contributed by atoms with Gasteiger partial charge in [0.25, 0.3) is 10.0 Å². The maximum absolute atomic E-state index is 12.7. The van der Waals surface area contributed by atoms with Crippen molar-refractivity contribution in [3.05, 3.63) is 42.0 Å². The SMILES string of the molecule is COc1cc(NS(=O)(=O)c2ccc(OCCCC(=O)O)c(C)c2)cc(OC)c1. The van der Waals surface area contributed by atoms with E-state index < -0.39 is 16.0 Å². The summed E-state index contributed by atoms with van der Waals surface area (Å²) in [5.74, 6) is 0.533. The lowest BCUT2D eigenvalue weighted by molar-refractivity contribution is -0.137. The monoisotopic (exact) mass is 409 g/mol. The Balaban J connectivity index is 2.15. The Morgan fingerprint density at radius 2 is 1.71 bits per heavy atom. The Morgan fingerprint density at radius 1 is 1.07 bits per heavy atom. The molecule has 0 amide bonds. The Labute approximate surface area is 164 Å². The zero-order valence-corrected chi connectivity index (χ0v) is 16.7. The zero-order valence-electron chi connectivity index (χ0n) is 15.9. The molecular formula is C19H23NO7S. The first-order valence-corrected chi connectivity index (χ1v) is 9.94. The van der Waals surface area contributed by atoms with Crippen LogP contribution >= 0.6 is 0 Å². The summed E-state index contributed by atoms with van der Waals surface area (Å²) in [6, 6.07) is 9.21. The summed E-state index contributed by atoms with van der Waals surface area (Å²) in [6.07, 6.45) is 0.382. The van der Waals surface area contributed by atoms with Crippen molar-refractivity contribution >= 4 is 21.7 Å². The van der Waals surface area contributed by atoms with E-state index in [2.05, 4.69) is 4.72 Å². The van der Waals surface area contributed by atoms with Crippen LogP contribution in [-0.4, -0.2) is 40.3 Å². The number of methoxy groups -OCH3 is 2. The number of aryl methyl sites for hydroxylation is 1. The van der Waals surface area contributed by atoms with Crippen molar-refractivity contribution in [2.24, 2.45) is 0 Å². The molecular weight excluding hydrogens is 386 g/mol. The molecule has 0 atom stereocenters. The third-order valence-electron chi connectivity index (χ3n) is 3.85. The fraction of sp³-hybridized carbons (Fsp3) is 0.316. The van der Waals surface area contributed by atoms with Crippen LogP contribution in [0.2, 0.25) is 0 Å². The first-order valence-electron chi connectivity index (χ1n) is 8.46. The fourth-order valence-corrected chi connectivity index (χ4v) is 3.56. The molecule has 0 heterocycles. The van der Waals surface area contributed by atoms with Crippen LogP contribution in [0.4, 0.5) is 5.69 Å². The van der Waals surface area contributed by atoms with Gasteiger partial charge in [-0.3, -0.25) is 9.52 Å². The first kappa shape index (κ1) is 21.4. The summed E-state index contributed by atoms with van der Waals surface area (Å²) in [5.41, 5.74) is 0.935. The van der Waals surface area contributed by atoms with E-state index in [1.54, 1.807) is 31.2 Å². The quantitative estimate of drug-likeness (QED) is 0.580. The van der Waals surface area contributed by atoms with Gasteiger partial charge in [0.15, 0.2) is 0 Å². The molecule has 2 aromatic rings. The van der Waals surface area contributed by atoms with Crippen LogP contribution in [0.5, 0.6) is 17.2 Å². The smallest absolute Gasteiger partial charge is 0.303 e. The van der Waals surface area contributed by atoms with Crippen LogP contribution in [0.15, 0.2) is 41.3 Å². The van der Waals surface area contributed by atoms with E-state index in [9.17, 15) is 13.2 Å². The number of ether oxygens (including phenoxy) is 3. The van der Waals surface area contributed by atoms with Gasteiger partial charge < -0.3 is 19.3 Å². The largest absolute Gasteiger partial charge is 0.497 e. The topological polar surface area (TPSA) is 111 Å². The van der Waals surface area contributed by atoms with Gasteiger partial charge in [-0.2, -0.15) is 0 Å². The van der Waals surface area contributed by atoms with E-state index in [1.165, 1.54) is 26.4 Å². The van der Waals surface area contributed by atoms with E-state index >= 15 is 0 Å². The van der Waals surface area contributed by atoms with Gasteiger partial charge in [-0.25, -0.2) is 8.42 Å². The van der Waals surface area contributed by atoms with Gasteiger partial charge in [0.2, 0.25) is 0 Å². The van der Waals surface area contributed by atoms with E-state index in [-0.39, 0.29) is 17.9 Å². The molecule has 0 radical (unpaired) electrons. The van der Waals surface area contributed by atoms with Crippen LogP contribution < -0.4 is 18.9 Å². The number of carboxylic acid groups (broad SMARTS) is 1. The number of sulfonamides is 1. The Kier molecular flexibility index (Phi) is 7.11. The minimum atomic E-state index is -3.83. The number of nitrogens with one attached hydrogen (secondary N) is 1. The Hall–Kier alpha value is -2.94. The maximum Gasteiger partial charge on any atom is 0.303 e. The van der Waals surface area contributed by atoms with Crippen molar-refractivity contribution in [3.63, 3.8) is 0 Å². The minimum absolute atomic E-state index is 0.0133. The average Bonchev–Trinajstić information content (AvgIpc) is 2.65. The number of benzene rings is 2. The number of aliphatic carboxylic acids is 1. The summed E-state index contributed by atoms with van der Waals surface area (Å²) in [5, 5.41) is 8.63. The molecule has 8 nitrogen and oxygen atoms in total. The molecule has 0 bridgehead atoms. The molecule has 0 unspecified atom stereocenters. The first-order chi connectivity index (χ1) is 13.2. The molecule has 28 heavy (non-hydrogen) atoms. The third kappa shape index (κ3) is 5.78. The van der Waals surface area contributed by atoms with Crippen molar-refractivity contribution in [1.29, 1.82) is 0 Å². The predicted octanol–water partition coefficient (Wildman–Crippen LogP) is 3.06. The van der Waals surface area contributed by atoms with Gasteiger partial charge in [-0.05, 0) is 37.1 Å². The highest BCUT2D eigenvalue weighted by Crippen LogP contribution is 2.28. The summed E-state index contributed by atoms with van der Waals surface area (Å²) in [7, 11) is -0.878. The number of carboxylic acids is 1. The van der Waals surface area contributed by atoms with Crippen molar-refractivity contribution in [1.82, 2.24) is 0 Å². The maximum atomic E-state index is 12.7. The predicted molar refractivity (Wildman–Crippen MR) is 104 cm³/mol. The van der Waals surface area contributed by atoms with Gasteiger partial charge in [-0.1, -0.05) is 0 Å². The van der Waals surface area contributed by atoms with Crippen molar-refractivity contribution in [2.45, 2.75) is 24.7 Å². The molecule has 2 N–H and O–H groups in total. The summed E-state index contributed by atoms with van der Waals surface area (Å²) in [6.45, 7) is 1.96. The lowest BCUT2D eigenvalue weighted by atomic mass is 10.2. The van der Waals surface area contributed by atoms with Gasteiger partial charge in [0, 0.05) is 24.6 Å². The van der Waals surface area contributed by atoms with Crippen LogP contribution in [0.25, 0.3) is 0 Å². The minimum Gasteiger partial charge on any atom is -0.497 e. The number of carbonyl (C=O) groups is 1. The van der Waals surface area contributed by atoms with Crippen LogP contribution in [0.1, 0.15) is 18.4 Å². The highest BCUT2D eigenvalue weighted by Gasteiger charge is 2.17. The van der Waals surface area contributed by atoms with E-state index in [0.29, 0.717) is 34.9 Å². The van der Waals surface area contributed by atoms with Crippen LogP contribution in [-0.2, 0) is 14.8 Å². The van der Waals surface area contributed by atoms with Crippen molar-refractivity contribution < 1.29 is 32.5 Å². The molecule has 0 saturated heterocycles.